The summed E-state index contributed by atoms with van der Waals surface area (Å²) in [5.41, 5.74) is 0.468. The second-order valence-corrected chi connectivity index (χ2v) is 5.93. The highest BCUT2D eigenvalue weighted by atomic mass is 19.1. The molecule has 5 heteroatoms. The Morgan fingerprint density at radius 2 is 2.00 bits per heavy atom. The number of likely N-dealkylation sites (tertiary alicyclic amines) is 1. The molecule has 1 aliphatic heterocycles. The van der Waals surface area contributed by atoms with E-state index in [2.05, 4.69) is 22.5 Å². The zero-order valence-electron chi connectivity index (χ0n) is 12.8. The normalized spacial score (nSPS) is 18.4. The van der Waals surface area contributed by atoms with Crippen LogP contribution in [-0.4, -0.2) is 43.0 Å². The SMILES string of the molecule is CNC1(C)CCN(CCC(=O)Nc2ccccc2F)CC1. The van der Waals surface area contributed by atoms with Gasteiger partial charge in [0.05, 0.1) is 5.69 Å². The molecule has 1 aromatic carbocycles. The van der Waals surface area contributed by atoms with Crippen molar-refractivity contribution in [1.82, 2.24) is 10.2 Å². The summed E-state index contributed by atoms with van der Waals surface area (Å²) in [5, 5.41) is 5.98. The second kappa shape index (κ2) is 7.00. The number of amides is 1. The Hall–Kier alpha value is -1.46. The third-order valence-electron chi connectivity index (χ3n) is 4.37. The quantitative estimate of drug-likeness (QED) is 0.875. The Morgan fingerprint density at radius 3 is 2.62 bits per heavy atom. The van der Waals surface area contributed by atoms with Gasteiger partial charge in [0.1, 0.15) is 5.82 Å². The topological polar surface area (TPSA) is 44.4 Å². The number of halogens is 1. The Balaban J connectivity index is 1.74. The highest BCUT2D eigenvalue weighted by molar-refractivity contribution is 5.90. The lowest BCUT2D eigenvalue weighted by atomic mass is 9.90. The number of para-hydroxylation sites is 1. The minimum absolute atomic E-state index is 0.137. The van der Waals surface area contributed by atoms with Gasteiger partial charge in [-0.3, -0.25) is 4.79 Å². The van der Waals surface area contributed by atoms with Gasteiger partial charge in [0.15, 0.2) is 0 Å². The number of nitrogens with one attached hydrogen (secondary N) is 2. The molecule has 1 saturated heterocycles. The van der Waals surface area contributed by atoms with Gasteiger partial charge in [-0.05, 0) is 52.0 Å². The lowest BCUT2D eigenvalue weighted by molar-refractivity contribution is -0.116. The van der Waals surface area contributed by atoms with Gasteiger partial charge in [0.25, 0.3) is 0 Å². The standard InChI is InChI=1S/C16H24FN3O/c1-16(18-2)8-11-20(12-9-16)10-7-15(21)19-14-6-4-3-5-13(14)17/h3-6,18H,7-12H2,1-2H3,(H,19,21). The van der Waals surface area contributed by atoms with Crippen molar-refractivity contribution in [3.05, 3.63) is 30.1 Å². The number of hydrogen-bond donors (Lipinski definition) is 2. The molecule has 1 aliphatic rings. The summed E-state index contributed by atoms with van der Waals surface area (Å²) in [6, 6.07) is 6.24. The lowest BCUT2D eigenvalue weighted by Crippen LogP contribution is -2.50. The molecular weight excluding hydrogens is 269 g/mol. The number of anilines is 1. The number of carbonyl (C=O) groups excluding carboxylic acids is 1. The molecule has 1 amide bonds. The maximum Gasteiger partial charge on any atom is 0.225 e. The van der Waals surface area contributed by atoms with Crippen LogP contribution in [0, 0.1) is 5.82 Å². The second-order valence-electron chi connectivity index (χ2n) is 5.93. The monoisotopic (exact) mass is 293 g/mol. The number of benzene rings is 1. The van der Waals surface area contributed by atoms with Crippen LogP contribution in [-0.2, 0) is 4.79 Å². The molecule has 0 aromatic heterocycles. The summed E-state index contributed by atoms with van der Waals surface area (Å²) in [4.78, 5) is 14.2. The molecule has 4 nitrogen and oxygen atoms in total. The first-order valence-corrected chi connectivity index (χ1v) is 7.48. The van der Waals surface area contributed by atoms with Crippen LogP contribution in [0.2, 0.25) is 0 Å². The van der Waals surface area contributed by atoms with E-state index in [1.54, 1.807) is 18.2 Å². The van der Waals surface area contributed by atoms with E-state index < -0.39 is 5.82 Å². The molecule has 0 atom stereocenters. The first kappa shape index (κ1) is 15.9. The van der Waals surface area contributed by atoms with E-state index in [4.69, 9.17) is 0 Å². The third-order valence-corrected chi connectivity index (χ3v) is 4.37. The van der Waals surface area contributed by atoms with Crippen LogP contribution in [0.25, 0.3) is 0 Å². The Labute approximate surface area is 125 Å². The van der Waals surface area contributed by atoms with Gasteiger partial charge >= 0.3 is 0 Å². The van der Waals surface area contributed by atoms with Crippen molar-refractivity contribution in [1.29, 1.82) is 0 Å². The van der Waals surface area contributed by atoms with Crippen LogP contribution in [0.1, 0.15) is 26.2 Å². The number of hydrogen-bond acceptors (Lipinski definition) is 3. The largest absolute Gasteiger partial charge is 0.324 e. The van der Waals surface area contributed by atoms with Gasteiger partial charge in [-0.1, -0.05) is 12.1 Å². The van der Waals surface area contributed by atoms with Crippen LogP contribution in [0.5, 0.6) is 0 Å². The lowest BCUT2D eigenvalue weighted by Gasteiger charge is -2.39. The highest BCUT2D eigenvalue weighted by Gasteiger charge is 2.28. The molecule has 2 N–H and O–H groups in total. The van der Waals surface area contributed by atoms with Gasteiger partial charge in [-0.2, -0.15) is 0 Å². The first-order valence-electron chi connectivity index (χ1n) is 7.48. The third kappa shape index (κ3) is 4.51. The average molecular weight is 293 g/mol. The van der Waals surface area contributed by atoms with E-state index in [9.17, 15) is 9.18 Å². The minimum Gasteiger partial charge on any atom is -0.324 e. The smallest absolute Gasteiger partial charge is 0.225 e. The van der Waals surface area contributed by atoms with Gasteiger partial charge in [0, 0.05) is 18.5 Å². The van der Waals surface area contributed by atoms with Crippen LogP contribution in [0.4, 0.5) is 10.1 Å². The molecule has 2 rings (SSSR count). The van der Waals surface area contributed by atoms with Crippen molar-refractivity contribution in [2.75, 3.05) is 32.0 Å². The van der Waals surface area contributed by atoms with Gasteiger partial charge in [-0.15, -0.1) is 0 Å². The molecule has 1 heterocycles. The molecular formula is C16H24FN3O. The van der Waals surface area contributed by atoms with E-state index in [1.165, 1.54) is 6.07 Å². The maximum absolute atomic E-state index is 13.4. The van der Waals surface area contributed by atoms with Crippen LogP contribution in [0.15, 0.2) is 24.3 Å². The summed E-state index contributed by atoms with van der Waals surface area (Å²) in [6.07, 6.45) is 2.56. The fraction of sp³-hybridized carbons (Fsp3) is 0.562. The molecule has 0 bridgehead atoms. The van der Waals surface area contributed by atoms with Crippen molar-refractivity contribution >= 4 is 11.6 Å². The van der Waals surface area contributed by atoms with Crippen molar-refractivity contribution in [2.24, 2.45) is 0 Å². The maximum atomic E-state index is 13.4. The first-order chi connectivity index (χ1) is 10.0. The molecule has 0 spiro atoms. The molecule has 0 unspecified atom stereocenters. The minimum atomic E-state index is -0.395. The molecule has 1 fully saturated rings. The predicted molar refractivity (Wildman–Crippen MR) is 82.8 cm³/mol. The molecule has 21 heavy (non-hydrogen) atoms. The summed E-state index contributed by atoms with van der Waals surface area (Å²) < 4.78 is 13.4. The highest BCUT2D eigenvalue weighted by Crippen LogP contribution is 2.21. The molecule has 116 valence electrons. The van der Waals surface area contributed by atoms with Gasteiger partial charge in [0.2, 0.25) is 5.91 Å². The van der Waals surface area contributed by atoms with Gasteiger partial charge < -0.3 is 15.5 Å². The number of piperidine rings is 1. The molecule has 1 aromatic rings. The van der Waals surface area contributed by atoms with Crippen molar-refractivity contribution in [3.8, 4) is 0 Å². The van der Waals surface area contributed by atoms with E-state index in [-0.39, 0.29) is 17.1 Å². The summed E-state index contributed by atoms with van der Waals surface area (Å²) in [5.74, 6) is -0.532. The zero-order chi connectivity index (χ0) is 15.3. The van der Waals surface area contributed by atoms with E-state index in [0.717, 1.165) is 32.5 Å². The number of rotatable bonds is 5. The Kier molecular flexibility index (Phi) is 5.31. The van der Waals surface area contributed by atoms with Crippen molar-refractivity contribution in [2.45, 2.75) is 31.7 Å². The summed E-state index contributed by atoms with van der Waals surface area (Å²) in [7, 11) is 2.00. The van der Waals surface area contributed by atoms with Crippen LogP contribution < -0.4 is 10.6 Å². The molecule has 0 saturated carbocycles. The fourth-order valence-electron chi connectivity index (χ4n) is 2.56. The fourth-order valence-corrected chi connectivity index (χ4v) is 2.56. The molecule has 0 aliphatic carbocycles. The number of nitrogens with zero attached hydrogens (tertiary/aromatic N) is 1. The Morgan fingerprint density at radius 1 is 1.33 bits per heavy atom. The van der Waals surface area contributed by atoms with E-state index in [0.29, 0.717) is 6.42 Å². The van der Waals surface area contributed by atoms with Crippen molar-refractivity contribution < 1.29 is 9.18 Å². The molecule has 0 radical (unpaired) electrons. The van der Waals surface area contributed by atoms with Gasteiger partial charge in [-0.25, -0.2) is 4.39 Å². The van der Waals surface area contributed by atoms with Crippen molar-refractivity contribution in [3.63, 3.8) is 0 Å². The van der Waals surface area contributed by atoms with E-state index >= 15 is 0 Å². The van der Waals surface area contributed by atoms with Crippen LogP contribution in [0.3, 0.4) is 0 Å². The summed E-state index contributed by atoms with van der Waals surface area (Å²) >= 11 is 0. The zero-order valence-corrected chi connectivity index (χ0v) is 12.8. The number of carbonyl (C=O) groups is 1. The Bertz CT molecular complexity index is 484. The summed E-state index contributed by atoms with van der Waals surface area (Å²) in [6.45, 7) is 4.93. The average Bonchev–Trinajstić information content (AvgIpc) is 2.49. The predicted octanol–water partition coefficient (Wildman–Crippen LogP) is 2.23. The van der Waals surface area contributed by atoms with Crippen LogP contribution >= 0.6 is 0 Å². The van der Waals surface area contributed by atoms with E-state index in [1.807, 2.05) is 7.05 Å².